The molecule has 2 rings (SSSR count). The van der Waals surface area contributed by atoms with Gasteiger partial charge in [-0.15, -0.1) is 11.3 Å². The lowest BCUT2D eigenvalue weighted by Crippen LogP contribution is -2.16. The van der Waals surface area contributed by atoms with Crippen LogP contribution >= 0.6 is 11.3 Å². The maximum Gasteiger partial charge on any atom is 0.119 e. The van der Waals surface area contributed by atoms with Gasteiger partial charge in [0.1, 0.15) is 5.75 Å². The molecule has 0 unspecified atom stereocenters. The summed E-state index contributed by atoms with van der Waals surface area (Å²) in [6.45, 7) is 1.90. The quantitative estimate of drug-likeness (QED) is 0.792. The minimum atomic E-state index is 0.891. The summed E-state index contributed by atoms with van der Waals surface area (Å²) in [6.07, 6.45) is 1.10. The van der Waals surface area contributed by atoms with Crippen molar-refractivity contribution in [2.75, 3.05) is 13.7 Å². The molecule has 2 nitrogen and oxygen atoms in total. The van der Waals surface area contributed by atoms with Crippen LogP contribution in [0.1, 0.15) is 10.4 Å². The minimum Gasteiger partial charge on any atom is -0.497 e. The SMILES string of the molecule is COc1cccc(CNCCc2cccs2)c1. The van der Waals surface area contributed by atoms with E-state index in [0.717, 1.165) is 25.3 Å². The van der Waals surface area contributed by atoms with Gasteiger partial charge in [-0.1, -0.05) is 18.2 Å². The Hall–Kier alpha value is -1.32. The van der Waals surface area contributed by atoms with Gasteiger partial charge in [0.05, 0.1) is 7.11 Å². The second-order valence-corrected chi connectivity index (χ2v) is 4.89. The van der Waals surface area contributed by atoms with Crippen molar-refractivity contribution in [3.63, 3.8) is 0 Å². The molecule has 17 heavy (non-hydrogen) atoms. The maximum atomic E-state index is 5.19. The summed E-state index contributed by atoms with van der Waals surface area (Å²) >= 11 is 1.82. The van der Waals surface area contributed by atoms with E-state index >= 15 is 0 Å². The van der Waals surface area contributed by atoms with E-state index < -0.39 is 0 Å². The van der Waals surface area contributed by atoms with Crippen LogP contribution in [0, 0.1) is 0 Å². The fraction of sp³-hybridized carbons (Fsp3) is 0.286. The molecule has 1 aromatic heterocycles. The molecule has 0 saturated heterocycles. The number of hydrogen-bond donors (Lipinski definition) is 1. The maximum absolute atomic E-state index is 5.19. The van der Waals surface area contributed by atoms with E-state index in [1.165, 1.54) is 10.4 Å². The second-order valence-electron chi connectivity index (χ2n) is 3.86. The molecule has 3 heteroatoms. The van der Waals surface area contributed by atoms with Gasteiger partial charge in [0.25, 0.3) is 0 Å². The van der Waals surface area contributed by atoms with Gasteiger partial charge in [0.2, 0.25) is 0 Å². The molecule has 0 aliphatic rings. The van der Waals surface area contributed by atoms with Gasteiger partial charge in [-0.25, -0.2) is 0 Å². The number of methoxy groups -OCH3 is 1. The number of thiophene rings is 1. The van der Waals surface area contributed by atoms with Crippen molar-refractivity contribution in [1.82, 2.24) is 5.32 Å². The highest BCUT2D eigenvalue weighted by Gasteiger charge is 1.96. The highest BCUT2D eigenvalue weighted by Crippen LogP contribution is 2.12. The number of nitrogens with one attached hydrogen (secondary N) is 1. The zero-order valence-corrected chi connectivity index (χ0v) is 10.8. The van der Waals surface area contributed by atoms with Crippen LogP contribution in [0.5, 0.6) is 5.75 Å². The molecule has 0 spiro atoms. The smallest absolute Gasteiger partial charge is 0.119 e. The van der Waals surface area contributed by atoms with E-state index in [0.29, 0.717) is 0 Å². The fourth-order valence-electron chi connectivity index (χ4n) is 1.68. The average molecular weight is 247 g/mol. The predicted octanol–water partition coefficient (Wildman–Crippen LogP) is 3.09. The van der Waals surface area contributed by atoms with Gasteiger partial charge in [0, 0.05) is 18.0 Å². The van der Waals surface area contributed by atoms with Crippen LogP contribution in [0.4, 0.5) is 0 Å². The van der Waals surface area contributed by atoms with Crippen LogP contribution in [-0.2, 0) is 13.0 Å². The average Bonchev–Trinajstić information content (AvgIpc) is 2.88. The van der Waals surface area contributed by atoms with Crippen molar-refractivity contribution >= 4 is 11.3 Å². The molecule has 90 valence electrons. The molecule has 0 atom stereocenters. The van der Waals surface area contributed by atoms with Gasteiger partial charge in [-0.2, -0.15) is 0 Å². The summed E-state index contributed by atoms with van der Waals surface area (Å²) in [5.41, 5.74) is 1.26. The van der Waals surface area contributed by atoms with E-state index in [9.17, 15) is 0 Å². The first-order valence-corrected chi connectivity index (χ1v) is 6.62. The van der Waals surface area contributed by atoms with E-state index in [4.69, 9.17) is 4.74 Å². The molecule has 0 saturated carbocycles. The van der Waals surface area contributed by atoms with E-state index in [2.05, 4.69) is 35.0 Å². The Labute approximate surface area is 106 Å². The van der Waals surface area contributed by atoms with Crippen molar-refractivity contribution < 1.29 is 4.74 Å². The Kier molecular flexibility index (Phi) is 4.59. The van der Waals surface area contributed by atoms with E-state index in [1.807, 2.05) is 23.5 Å². The van der Waals surface area contributed by atoms with Crippen molar-refractivity contribution in [2.45, 2.75) is 13.0 Å². The summed E-state index contributed by atoms with van der Waals surface area (Å²) in [4.78, 5) is 1.43. The molecule has 0 radical (unpaired) electrons. The molecular formula is C14H17NOS. The number of benzene rings is 1. The standard InChI is InChI=1S/C14H17NOS/c1-16-13-5-2-4-12(10-13)11-15-8-7-14-6-3-9-17-14/h2-6,9-10,15H,7-8,11H2,1H3. The Morgan fingerprint density at radius 2 is 2.18 bits per heavy atom. The molecule has 0 fully saturated rings. The van der Waals surface area contributed by atoms with Crippen LogP contribution < -0.4 is 10.1 Å². The molecule has 1 N–H and O–H groups in total. The molecular weight excluding hydrogens is 230 g/mol. The van der Waals surface area contributed by atoms with Crippen LogP contribution in [0.3, 0.4) is 0 Å². The number of ether oxygens (including phenoxy) is 1. The predicted molar refractivity (Wildman–Crippen MR) is 72.7 cm³/mol. The Morgan fingerprint density at radius 3 is 2.94 bits per heavy atom. The minimum absolute atomic E-state index is 0.891. The first-order chi connectivity index (χ1) is 8.38. The summed E-state index contributed by atoms with van der Waals surface area (Å²) in [5, 5.41) is 5.56. The highest BCUT2D eigenvalue weighted by atomic mass is 32.1. The molecule has 0 aliphatic carbocycles. The van der Waals surface area contributed by atoms with E-state index in [-0.39, 0.29) is 0 Å². The lowest BCUT2D eigenvalue weighted by molar-refractivity contribution is 0.414. The summed E-state index contributed by atoms with van der Waals surface area (Å²) in [5.74, 6) is 0.919. The second kappa shape index (κ2) is 6.42. The van der Waals surface area contributed by atoms with Crippen molar-refractivity contribution in [3.8, 4) is 5.75 Å². The van der Waals surface area contributed by atoms with Gasteiger partial charge in [-0.05, 0) is 35.6 Å². The van der Waals surface area contributed by atoms with Crippen LogP contribution in [0.25, 0.3) is 0 Å². The first kappa shape index (κ1) is 12.1. The fourth-order valence-corrected chi connectivity index (χ4v) is 2.39. The number of hydrogen-bond acceptors (Lipinski definition) is 3. The van der Waals surface area contributed by atoms with Gasteiger partial charge in [0.15, 0.2) is 0 Å². The lowest BCUT2D eigenvalue weighted by Gasteiger charge is -2.06. The zero-order chi connectivity index (χ0) is 11.9. The summed E-state index contributed by atoms with van der Waals surface area (Å²) < 4.78 is 5.19. The van der Waals surface area contributed by atoms with Crippen molar-refractivity contribution in [1.29, 1.82) is 0 Å². The Balaban J connectivity index is 1.74. The van der Waals surface area contributed by atoms with Gasteiger partial charge >= 0.3 is 0 Å². The molecule has 0 aliphatic heterocycles. The Bertz CT molecular complexity index is 439. The highest BCUT2D eigenvalue weighted by molar-refractivity contribution is 7.09. The largest absolute Gasteiger partial charge is 0.497 e. The molecule has 0 amide bonds. The van der Waals surface area contributed by atoms with Crippen LogP contribution in [0.15, 0.2) is 41.8 Å². The molecule has 1 aromatic carbocycles. The molecule has 0 bridgehead atoms. The normalized spacial score (nSPS) is 10.4. The molecule has 1 heterocycles. The van der Waals surface area contributed by atoms with Crippen LogP contribution in [0.2, 0.25) is 0 Å². The third-order valence-electron chi connectivity index (χ3n) is 2.59. The van der Waals surface area contributed by atoms with Crippen molar-refractivity contribution in [3.05, 3.63) is 52.2 Å². The van der Waals surface area contributed by atoms with Gasteiger partial charge < -0.3 is 10.1 Å². The number of rotatable bonds is 6. The lowest BCUT2D eigenvalue weighted by atomic mass is 10.2. The molecule has 2 aromatic rings. The van der Waals surface area contributed by atoms with E-state index in [1.54, 1.807) is 7.11 Å². The first-order valence-electron chi connectivity index (χ1n) is 5.74. The third-order valence-corrected chi connectivity index (χ3v) is 3.53. The van der Waals surface area contributed by atoms with Crippen LogP contribution in [-0.4, -0.2) is 13.7 Å². The summed E-state index contributed by atoms with van der Waals surface area (Å²) in [7, 11) is 1.70. The third kappa shape index (κ3) is 3.88. The van der Waals surface area contributed by atoms with Gasteiger partial charge in [-0.3, -0.25) is 0 Å². The summed E-state index contributed by atoms with van der Waals surface area (Å²) in [6, 6.07) is 12.4. The van der Waals surface area contributed by atoms with Crippen molar-refractivity contribution in [2.24, 2.45) is 0 Å². The topological polar surface area (TPSA) is 21.3 Å². The monoisotopic (exact) mass is 247 g/mol. The zero-order valence-electron chi connectivity index (χ0n) is 9.98. The Morgan fingerprint density at radius 1 is 1.24 bits per heavy atom.